The lowest BCUT2D eigenvalue weighted by molar-refractivity contribution is -0.156. The van der Waals surface area contributed by atoms with Gasteiger partial charge in [0.1, 0.15) is 0 Å². The number of nitrogens with zero attached hydrogens (tertiary/aromatic N) is 1. The molecule has 5 nitrogen and oxygen atoms in total. The first-order valence-corrected chi connectivity index (χ1v) is 11.8. The van der Waals surface area contributed by atoms with Gasteiger partial charge in [-0.1, -0.05) is 77.4 Å². The second kappa shape index (κ2) is 17.5. The Labute approximate surface area is 179 Å². The van der Waals surface area contributed by atoms with Gasteiger partial charge in [-0.3, -0.25) is 9.69 Å². The molecule has 0 aliphatic heterocycles. The molecule has 0 aromatic heterocycles. The van der Waals surface area contributed by atoms with Crippen molar-refractivity contribution in [1.82, 2.24) is 10.2 Å². The zero-order valence-corrected chi connectivity index (χ0v) is 19.5. The summed E-state index contributed by atoms with van der Waals surface area (Å²) >= 11 is 0. The van der Waals surface area contributed by atoms with Crippen molar-refractivity contribution in [3.05, 3.63) is 12.2 Å². The average Bonchev–Trinajstić information content (AvgIpc) is 2.68. The molecule has 0 saturated heterocycles. The maximum absolute atomic E-state index is 12.2. The molecule has 0 saturated carbocycles. The fourth-order valence-electron chi connectivity index (χ4n) is 3.56. The SMILES string of the molecule is CCCCCCCC/C=C\CCCCCCCC(=O)NC(CC)(C(=O)O)N(C)C. The fourth-order valence-corrected chi connectivity index (χ4v) is 3.56. The summed E-state index contributed by atoms with van der Waals surface area (Å²) in [5.74, 6) is -1.19. The summed E-state index contributed by atoms with van der Waals surface area (Å²) < 4.78 is 0. The third kappa shape index (κ3) is 12.7. The summed E-state index contributed by atoms with van der Waals surface area (Å²) in [6, 6.07) is 0. The van der Waals surface area contributed by atoms with E-state index in [-0.39, 0.29) is 5.91 Å². The van der Waals surface area contributed by atoms with Crippen LogP contribution in [0.2, 0.25) is 0 Å². The zero-order valence-electron chi connectivity index (χ0n) is 19.5. The van der Waals surface area contributed by atoms with Crippen molar-refractivity contribution in [2.45, 2.75) is 116 Å². The molecule has 2 N–H and O–H groups in total. The number of amides is 1. The maximum Gasteiger partial charge on any atom is 0.344 e. The Morgan fingerprint density at radius 3 is 1.76 bits per heavy atom. The van der Waals surface area contributed by atoms with Crippen LogP contribution in [0.4, 0.5) is 0 Å². The van der Waals surface area contributed by atoms with E-state index in [0.29, 0.717) is 12.8 Å². The predicted molar refractivity (Wildman–Crippen MR) is 122 cm³/mol. The Balaban J connectivity index is 3.69. The number of aliphatic carboxylic acids is 1. The van der Waals surface area contributed by atoms with Crippen LogP contribution in [0.1, 0.15) is 110 Å². The largest absolute Gasteiger partial charge is 0.478 e. The van der Waals surface area contributed by atoms with Gasteiger partial charge >= 0.3 is 5.97 Å². The zero-order chi connectivity index (χ0) is 22.0. The van der Waals surface area contributed by atoms with Gasteiger partial charge in [0.05, 0.1) is 0 Å². The third-order valence-electron chi connectivity index (χ3n) is 5.64. The molecular weight excluding hydrogens is 364 g/mol. The van der Waals surface area contributed by atoms with E-state index in [0.717, 1.165) is 25.7 Å². The molecule has 0 aliphatic rings. The number of unbranched alkanes of at least 4 members (excludes halogenated alkanes) is 11. The highest BCUT2D eigenvalue weighted by molar-refractivity contribution is 5.86. The highest BCUT2D eigenvalue weighted by Crippen LogP contribution is 2.15. The fraction of sp³-hybridized carbons (Fsp3) is 0.833. The Morgan fingerprint density at radius 1 is 0.828 bits per heavy atom. The van der Waals surface area contributed by atoms with Crippen molar-refractivity contribution in [3.8, 4) is 0 Å². The van der Waals surface area contributed by atoms with E-state index in [4.69, 9.17) is 0 Å². The van der Waals surface area contributed by atoms with Crippen LogP contribution in [0.15, 0.2) is 12.2 Å². The molecule has 170 valence electrons. The lowest BCUT2D eigenvalue weighted by atomic mass is 10.0. The molecular formula is C24H46N2O3. The van der Waals surface area contributed by atoms with E-state index >= 15 is 0 Å². The normalized spacial score (nSPS) is 13.7. The van der Waals surface area contributed by atoms with Gasteiger partial charge in [-0.2, -0.15) is 0 Å². The van der Waals surface area contributed by atoms with Crippen LogP contribution in [0.5, 0.6) is 0 Å². The number of hydrogen-bond donors (Lipinski definition) is 2. The van der Waals surface area contributed by atoms with Gasteiger partial charge < -0.3 is 10.4 Å². The highest BCUT2D eigenvalue weighted by Gasteiger charge is 2.40. The van der Waals surface area contributed by atoms with E-state index in [2.05, 4.69) is 24.4 Å². The maximum atomic E-state index is 12.2. The molecule has 0 heterocycles. The summed E-state index contributed by atoms with van der Waals surface area (Å²) in [7, 11) is 3.36. The summed E-state index contributed by atoms with van der Waals surface area (Å²) in [6.07, 6.45) is 21.2. The lowest BCUT2D eigenvalue weighted by Crippen LogP contribution is -2.62. The number of hydrogen-bond acceptors (Lipinski definition) is 3. The number of carboxylic acid groups (broad SMARTS) is 1. The molecule has 0 aromatic carbocycles. The third-order valence-corrected chi connectivity index (χ3v) is 5.64. The van der Waals surface area contributed by atoms with Gasteiger partial charge in [-0.15, -0.1) is 0 Å². The number of carbonyl (C=O) groups is 2. The molecule has 1 unspecified atom stereocenters. The van der Waals surface area contributed by atoms with Gasteiger partial charge in [-0.25, -0.2) is 4.79 Å². The van der Waals surface area contributed by atoms with Crippen LogP contribution < -0.4 is 5.32 Å². The number of allylic oxidation sites excluding steroid dienone is 2. The number of likely N-dealkylation sites (N-methyl/N-ethyl adjacent to an activating group) is 1. The lowest BCUT2D eigenvalue weighted by Gasteiger charge is -2.35. The monoisotopic (exact) mass is 410 g/mol. The average molecular weight is 411 g/mol. The Morgan fingerprint density at radius 2 is 1.31 bits per heavy atom. The Hall–Kier alpha value is -1.36. The summed E-state index contributed by atoms with van der Waals surface area (Å²) in [5, 5.41) is 12.2. The number of nitrogens with one attached hydrogen (secondary N) is 1. The minimum atomic E-state index is -1.31. The minimum Gasteiger partial charge on any atom is -0.478 e. The standard InChI is InChI=1S/C24H46N2O3/c1-5-7-8-9-10-11-12-13-14-15-16-17-18-19-20-21-22(27)25-24(6-2,23(28)29)26(3)4/h13-14H,5-12,15-21H2,1-4H3,(H,25,27)(H,28,29)/b14-13-. The van der Waals surface area contributed by atoms with Gasteiger partial charge in [0.15, 0.2) is 5.66 Å². The first-order chi connectivity index (χ1) is 13.9. The Kier molecular flexibility index (Phi) is 16.7. The molecule has 0 aliphatic carbocycles. The van der Waals surface area contributed by atoms with E-state index < -0.39 is 11.6 Å². The van der Waals surface area contributed by atoms with Crippen LogP contribution in [-0.2, 0) is 9.59 Å². The van der Waals surface area contributed by atoms with E-state index in [1.54, 1.807) is 25.9 Å². The quantitative estimate of drug-likeness (QED) is 0.158. The van der Waals surface area contributed by atoms with Crippen molar-refractivity contribution in [2.75, 3.05) is 14.1 Å². The first-order valence-electron chi connectivity index (χ1n) is 11.8. The molecule has 0 bridgehead atoms. The molecule has 0 spiro atoms. The smallest absolute Gasteiger partial charge is 0.344 e. The minimum absolute atomic E-state index is 0.180. The molecule has 0 radical (unpaired) electrons. The summed E-state index contributed by atoms with van der Waals surface area (Å²) in [6.45, 7) is 4.03. The van der Waals surface area contributed by atoms with Gasteiger partial charge in [0, 0.05) is 6.42 Å². The van der Waals surface area contributed by atoms with Gasteiger partial charge in [0.25, 0.3) is 0 Å². The van der Waals surface area contributed by atoms with Crippen LogP contribution in [0.25, 0.3) is 0 Å². The highest BCUT2D eigenvalue weighted by atomic mass is 16.4. The van der Waals surface area contributed by atoms with Gasteiger partial charge in [-0.05, 0) is 52.6 Å². The molecule has 1 atom stereocenters. The number of carbonyl (C=O) groups excluding carboxylic acids is 1. The van der Waals surface area contributed by atoms with Crippen LogP contribution in [0.3, 0.4) is 0 Å². The second-order valence-corrected chi connectivity index (χ2v) is 8.30. The predicted octanol–water partition coefficient (Wildman–Crippen LogP) is 5.89. The molecule has 0 aromatic rings. The number of carboxylic acids is 1. The summed E-state index contributed by atoms with van der Waals surface area (Å²) in [4.78, 5) is 25.3. The van der Waals surface area contributed by atoms with Crippen molar-refractivity contribution in [1.29, 1.82) is 0 Å². The molecule has 1 amide bonds. The van der Waals surface area contributed by atoms with Crippen LogP contribution in [0, 0.1) is 0 Å². The van der Waals surface area contributed by atoms with Gasteiger partial charge in [0.2, 0.25) is 5.91 Å². The second-order valence-electron chi connectivity index (χ2n) is 8.30. The van der Waals surface area contributed by atoms with Crippen molar-refractivity contribution < 1.29 is 14.7 Å². The van der Waals surface area contributed by atoms with E-state index in [1.165, 1.54) is 57.8 Å². The molecule has 5 heteroatoms. The van der Waals surface area contributed by atoms with Crippen LogP contribution in [-0.4, -0.2) is 41.6 Å². The van der Waals surface area contributed by atoms with Crippen molar-refractivity contribution in [3.63, 3.8) is 0 Å². The molecule has 0 rings (SSSR count). The number of rotatable bonds is 19. The Bertz CT molecular complexity index is 463. The van der Waals surface area contributed by atoms with Crippen molar-refractivity contribution in [2.24, 2.45) is 0 Å². The molecule has 29 heavy (non-hydrogen) atoms. The van der Waals surface area contributed by atoms with E-state index in [9.17, 15) is 14.7 Å². The topological polar surface area (TPSA) is 69.6 Å². The first kappa shape index (κ1) is 27.6. The summed E-state index contributed by atoms with van der Waals surface area (Å²) in [5.41, 5.74) is -1.31. The molecule has 0 fully saturated rings. The van der Waals surface area contributed by atoms with Crippen LogP contribution >= 0.6 is 0 Å². The van der Waals surface area contributed by atoms with Crippen molar-refractivity contribution >= 4 is 11.9 Å². The van der Waals surface area contributed by atoms with E-state index in [1.807, 2.05) is 0 Å².